The SMILES string of the molecule is CC/C=C\C/C=C\C/C=C\C/C=C\C/C=C\C/C=C\C/C=C\C/C=C\C/C=C\C/C=C\CCCCCCCCC(=O)OC(COC(=O)CCCCCCCCCCCCCCCCCCCCCCCCC/C=C\C/C=C\CCCCCCC)COC(OCC[N+](C)(C)C)C(=O)O. The van der Waals surface area contributed by atoms with Gasteiger partial charge in [-0.05, 0) is 122 Å². The van der Waals surface area contributed by atoms with Crippen molar-refractivity contribution in [2.24, 2.45) is 0 Å². The van der Waals surface area contributed by atoms with Crippen molar-refractivity contribution >= 4 is 17.9 Å². The Hall–Kier alpha value is -4.83. The van der Waals surface area contributed by atoms with E-state index in [2.05, 4.69) is 160 Å². The molecule has 0 radical (unpaired) electrons. The minimum Gasteiger partial charge on any atom is -0.477 e. The normalized spacial score (nSPS) is 13.5. The Morgan fingerprint density at radius 1 is 0.320 bits per heavy atom. The van der Waals surface area contributed by atoms with Crippen molar-refractivity contribution in [2.75, 3.05) is 47.5 Å². The van der Waals surface area contributed by atoms with Crippen LogP contribution in [0.2, 0.25) is 0 Å². The summed E-state index contributed by atoms with van der Waals surface area (Å²) < 4.78 is 23.0. The second-order valence-corrected chi connectivity index (χ2v) is 27.6. The van der Waals surface area contributed by atoms with Gasteiger partial charge < -0.3 is 28.5 Å². The lowest BCUT2D eigenvalue weighted by Gasteiger charge is -2.25. The number of likely N-dealkylation sites (N-methyl/N-ethyl adjacent to an activating group) is 1. The van der Waals surface area contributed by atoms with E-state index < -0.39 is 24.3 Å². The van der Waals surface area contributed by atoms with E-state index in [-0.39, 0.29) is 32.2 Å². The summed E-state index contributed by atoms with van der Waals surface area (Å²) >= 11 is 0. The molecule has 0 amide bonds. The van der Waals surface area contributed by atoms with Crippen LogP contribution < -0.4 is 0 Å². The fourth-order valence-corrected chi connectivity index (χ4v) is 11.0. The number of allylic oxidation sites excluding steroid dienone is 24. The molecule has 554 valence electrons. The second-order valence-electron chi connectivity index (χ2n) is 27.6. The van der Waals surface area contributed by atoms with Gasteiger partial charge in [0.2, 0.25) is 0 Å². The molecule has 0 fully saturated rings. The average Bonchev–Trinajstić information content (AvgIpc) is 3.11. The van der Waals surface area contributed by atoms with Gasteiger partial charge in [-0.3, -0.25) is 9.59 Å². The molecule has 97 heavy (non-hydrogen) atoms. The first-order chi connectivity index (χ1) is 47.6. The second kappa shape index (κ2) is 76.9. The molecule has 0 saturated heterocycles. The van der Waals surface area contributed by atoms with E-state index in [9.17, 15) is 19.5 Å². The van der Waals surface area contributed by atoms with Crippen LogP contribution in [0, 0.1) is 0 Å². The molecule has 0 heterocycles. The number of unbranched alkanes of at least 4 members (excludes halogenated alkanes) is 34. The highest BCUT2D eigenvalue weighted by atomic mass is 16.7. The van der Waals surface area contributed by atoms with E-state index in [4.69, 9.17) is 18.9 Å². The van der Waals surface area contributed by atoms with Gasteiger partial charge in [0.05, 0.1) is 34.4 Å². The van der Waals surface area contributed by atoms with Gasteiger partial charge in [-0.15, -0.1) is 0 Å². The molecular weight excluding hydrogens is 1200 g/mol. The summed E-state index contributed by atoms with van der Waals surface area (Å²) in [4.78, 5) is 37.7. The van der Waals surface area contributed by atoms with E-state index in [0.29, 0.717) is 23.9 Å². The lowest BCUT2D eigenvalue weighted by Crippen LogP contribution is -2.40. The number of hydrogen-bond acceptors (Lipinski definition) is 7. The van der Waals surface area contributed by atoms with Crippen LogP contribution in [0.15, 0.2) is 146 Å². The predicted molar refractivity (Wildman–Crippen MR) is 419 cm³/mol. The molecule has 0 aliphatic heterocycles. The van der Waals surface area contributed by atoms with Gasteiger partial charge in [-0.25, -0.2) is 4.79 Å². The summed E-state index contributed by atoms with van der Waals surface area (Å²) in [5.41, 5.74) is 0. The van der Waals surface area contributed by atoms with Gasteiger partial charge in [-0.1, -0.05) is 346 Å². The van der Waals surface area contributed by atoms with Gasteiger partial charge in [0, 0.05) is 12.8 Å². The third-order valence-corrected chi connectivity index (χ3v) is 17.1. The molecule has 0 aromatic rings. The molecule has 0 bridgehead atoms. The van der Waals surface area contributed by atoms with Crippen LogP contribution in [0.25, 0.3) is 0 Å². The Morgan fingerprint density at radius 3 is 0.876 bits per heavy atom. The highest BCUT2D eigenvalue weighted by Crippen LogP contribution is 2.18. The molecule has 0 rings (SSSR count). The molecule has 2 atom stereocenters. The molecule has 1 N–H and O–H groups in total. The summed E-state index contributed by atoms with van der Waals surface area (Å²) in [6, 6.07) is 0. The number of esters is 2. The standard InChI is InChI=1S/C88H149NO8/c1-6-8-10-12-14-16-18-20-22-24-26-28-30-32-34-36-38-40-42-43-45-47-49-51-53-55-57-59-61-63-65-67-69-71-73-75-77-79-86(91)97-84(83-96-88(87(92)93)94-81-80-89(3,4)5)82-95-85(90)78-76-74-72-70-68-66-64-62-60-58-56-54-52-50-48-46-44-41-39-37-35-33-31-29-27-25-23-21-19-17-15-13-11-9-7-2/h8,10,14,16,19-22,25-28,32,34,38,40,43,45,49,51,55,57,61,63,84,88H,6-7,9,11-13,15,17-18,23-24,29-31,33,35-37,39,41-42,44,46-48,50,52-54,56,58-60,62,64-83H2,1-5H3/p+1/b10-8-,16-14-,21-19-,22-20-,27-25-,28-26-,34-32-,40-38-,45-43-,51-49-,57-55-,63-61-. The highest BCUT2D eigenvalue weighted by molar-refractivity contribution is 5.71. The monoisotopic (exact) mass is 1350 g/mol. The van der Waals surface area contributed by atoms with Crippen molar-refractivity contribution in [3.63, 3.8) is 0 Å². The van der Waals surface area contributed by atoms with Gasteiger partial charge in [-0.2, -0.15) is 0 Å². The zero-order valence-electron chi connectivity index (χ0n) is 63.4. The van der Waals surface area contributed by atoms with E-state index in [1.165, 1.54) is 173 Å². The summed E-state index contributed by atoms with van der Waals surface area (Å²) in [6.45, 7) is 4.76. The van der Waals surface area contributed by atoms with Crippen LogP contribution in [-0.4, -0.2) is 87.4 Å². The van der Waals surface area contributed by atoms with Crippen molar-refractivity contribution in [3.05, 3.63) is 146 Å². The maximum Gasteiger partial charge on any atom is 0.361 e. The third kappa shape index (κ3) is 78.4. The number of quaternary nitrogens is 1. The Labute approximate surface area is 598 Å². The topological polar surface area (TPSA) is 108 Å². The first kappa shape index (κ1) is 92.2. The lowest BCUT2D eigenvalue weighted by atomic mass is 10.0. The fraction of sp³-hybridized carbons (Fsp3) is 0.693. The minimum atomic E-state index is -1.52. The molecule has 9 nitrogen and oxygen atoms in total. The van der Waals surface area contributed by atoms with Crippen LogP contribution in [0.1, 0.15) is 335 Å². The molecular formula is C88H150NO8+. The van der Waals surface area contributed by atoms with E-state index >= 15 is 0 Å². The van der Waals surface area contributed by atoms with E-state index in [0.717, 1.165) is 128 Å². The molecule has 0 saturated carbocycles. The highest BCUT2D eigenvalue weighted by Gasteiger charge is 2.25. The zero-order chi connectivity index (χ0) is 70.4. The number of ether oxygens (including phenoxy) is 4. The van der Waals surface area contributed by atoms with Crippen LogP contribution in [0.4, 0.5) is 0 Å². The summed E-state index contributed by atoms with van der Waals surface area (Å²) in [5.74, 6) is -2.02. The van der Waals surface area contributed by atoms with Crippen molar-refractivity contribution in [1.29, 1.82) is 0 Å². The smallest absolute Gasteiger partial charge is 0.361 e. The molecule has 2 unspecified atom stereocenters. The molecule has 0 aliphatic rings. The van der Waals surface area contributed by atoms with Crippen molar-refractivity contribution in [1.82, 2.24) is 0 Å². The van der Waals surface area contributed by atoms with Crippen molar-refractivity contribution in [2.45, 2.75) is 347 Å². The maximum absolute atomic E-state index is 13.0. The molecule has 0 spiro atoms. The first-order valence-corrected chi connectivity index (χ1v) is 40.0. The Bertz CT molecular complexity index is 2110. The summed E-state index contributed by atoms with van der Waals surface area (Å²) in [5, 5.41) is 9.77. The molecule has 0 aromatic heterocycles. The minimum absolute atomic E-state index is 0.179. The Morgan fingerprint density at radius 2 is 0.588 bits per heavy atom. The largest absolute Gasteiger partial charge is 0.477 e. The number of carbonyl (C=O) groups excluding carboxylic acids is 2. The number of nitrogens with zero attached hydrogens (tertiary/aromatic N) is 1. The van der Waals surface area contributed by atoms with Crippen LogP contribution in [0.3, 0.4) is 0 Å². The van der Waals surface area contributed by atoms with E-state index in [1.54, 1.807) is 0 Å². The van der Waals surface area contributed by atoms with Gasteiger partial charge >= 0.3 is 17.9 Å². The summed E-state index contributed by atoms with van der Waals surface area (Å²) in [7, 11) is 5.97. The number of carboxylic acid groups (broad SMARTS) is 1. The van der Waals surface area contributed by atoms with Gasteiger partial charge in [0.15, 0.2) is 6.10 Å². The number of carbonyl (C=O) groups is 3. The van der Waals surface area contributed by atoms with Crippen LogP contribution >= 0.6 is 0 Å². The number of aliphatic carboxylic acids is 1. The van der Waals surface area contributed by atoms with Crippen molar-refractivity contribution in [3.8, 4) is 0 Å². The molecule has 0 aromatic carbocycles. The lowest BCUT2D eigenvalue weighted by molar-refractivity contribution is -0.870. The maximum atomic E-state index is 13.0. The third-order valence-electron chi connectivity index (χ3n) is 17.1. The van der Waals surface area contributed by atoms with Gasteiger partial charge in [0.1, 0.15) is 13.2 Å². The fourth-order valence-electron chi connectivity index (χ4n) is 11.0. The zero-order valence-corrected chi connectivity index (χ0v) is 63.4. The number of carboxylic acids is 1. The first-order valence-electron chi connectivity index (χ1n) is 40.0. The average molecular weight is 1350 g/mol. The predicted octanol–water partition coefficient (Wildman–Crippen LogP) is 25.8. The van der Waals surface area contributed by atoms with E-state index in [1.807, 2.05) is 21.1 Å². The van der Waals surface area contributed by atoms with Crippen LogP contribution in [0.5, 0.6) is 0 Å². The molecule has 9 heteroatoms. The van der Waals surface area contributed by atoms with Gasteiger partial charge in [0.25, 0.3) is 6.29 Å². The van der Waals surface area contributed by atoms with Crippen LogP contribution in [-0.2, 0) is 33.3 Å². The Balaban J connectivity index is 4.11. The quantitative estimate of drug-likeness (QED) is 0.0211. The number of rotatable bonds is 73. The molecule has 0 aliphatic carbocycles. The van der Waals surface area contributed by atoms with Crippen molar-refractivity contribution < 1.29 is 42.9 Å². The number of hydrogen-bond donors (Lipinski definition) is 1. The summed E-state index contributed by atoms with van der Waals surface area (Å²) in [6.07, 6.45) is 110. The Kier molecular flexibility index (Phi) is 73.1.